The third-order valence-electron chi connectivity index (χ3n) is 6.87. The molecule has 7 nitrogen and oxygen atoms in total. The molecule has 0 unspecified atom stereocenters. The topological polar surface area (TPSA) is 82.7 Å². The second-order valence-corrected chi connectivity index (χ2v) is 8.87. The summed E-state index contributed by atoms with van der Waals surface area (Å²) in [5.74, 6) is -1.19. The van der Waals surface area contributed by atoms with Crippen LogP contribution in [0.15, 0.2) is 72.8 Å². The Morgan fingerprint density at radius 2 is 1.75 bits per heavy atom. The monoisotopic (exact) mass is 483 g/mol. The van der Waals surface area contributed by atoms with Crippen molar-refractivity contribution in [2.45, 2.75) is 25.4 Å². The van der Waals surface area contributed by atoms with E-state index in [0.29, 0.717) is 23.2 Å². The summed E-state index contributed by atoms with van der Waals surface area (Å²) in [6.07, 6.45) is 0.360. The van der Waals surface area contributed by atoms with E-state index in [1.807, 2.05) is 24.3 Å². The number of aromatic amines is 1. The van der Waals surface area contributed by atoms with Gasteiger partial charge in [-0.1, -0.05) is 30.3 Å². The minimum Gasteiger partial charge on any atom is -0.462 e. The number of ether oxygens (including phenoxy) is 1. The van der Waals surface area contributed by atoms with Crippen molar-refractivity contribution in [1.29, 1.82) is 0 Å². The fraction of sp³-hybridized carbons (Fsp3) is 0.179. The van der Waals surface area contributed by atoms with Crippen molar-refractivity contribution in [3.8, 4) is 0 Å². The molecule has 2 aliphatic heterocycles. The molecule has 4 aromatic rings. The zero-order chi connectivity index (χ0) is 25.0. The van der Waals surface area contributed by atoms with Crippen LogP contribution in [0.3, 0.4) is 0 Å². The number of urea groups is 1. The molecule has 8 heteroatoms. The summed E-state index contributed by atoms with van der Waals surface area (Å²) >= 11 is 0. The van der Waals surface area contributed by atoms with Crippen molar-refractivity contribution in [3.05, 3.63) is 101 Å². The number of H-pyrrole nitrogens is 1. The number of anilines is 1. The number of nitrogens with zero attached hydrogens (tertiary/aromatic N) is 2. The number of halogens is 1. The highest BCUT2D eigenvalue weighted by Gasteiger charge is 2.53. The predicted molar refractivity (Wildman–Crippen MR) is 131 cm³/mol. The van der Waals surface area contributed by atoms with E-state index in [4.69, 9.17) is 4.74 Å². The number of benzene rings is 3. The minimum absolute atomic E-state index is 0.250. The van der Waals surface area contributed by atoms with E-state index in [0.717, 1.165) is 27.1 Å². The summed E-state index contributed by atoms with van der Waals surface area (Å²) in [6, 6.07) is 18.3. The molecule has 1 aromatic heterocycles. The lowest BCUT2D eigenvalue weighted by molar-refractivity contribution is -0.120. The number of fused-ring (bicyclic) bond motifs is 4. The fourth-order valence-electron chi connectivity index (χ4n) is 5.26. The number of hydrogen-bond acceptors (Lipinski definition) is 4. The molecule has 0 saturated carbocycles. The molecule has 1 fully saturated rings. The van der Waals surface area contributed by atoms with E-state index in [1.165, 1.54) is 12.1 Å². The molecule has 0 aliphatic carbocycles. The van der Waals surface area contributed by atoms with Gasteiger partial charge in [-0.15, -0.1) is 0 Å². The van der Waals surface area contributed by atoms with Gasteiger partial charge in [0.25, 0.3) is 5.91 Å². The van der Waals surface area contributed by atoms with Crippen molar-refractivity contribution >= 4 is 34.5 Å². The molecule has 3 amide bonds. The van der Waals surface area contributed by atoms with Crippen molar-refractivity contribution in [2.24, 2.45) is 0 Å². The van der Waals surface area contributed by atoms with Crippen LogP contribution >= 0.6 is 0 Å². The van der Waals surface area contributed by atoms with Crippen molar-refractivity contribution in [2.75, 3.05) is 11.5 Å². The number of rotatable bonds is 4. The highest BCUT2D eigenvalue weighted by molar-refractivity contribution is 6.22. The molecule has 1 saturated heterocycles. The first kappa shape index (κ1) is 22.0. The lowest BCUT2D eigenvalue weighted by atomic mass is 9.89. The maximum Gasteiger partial charge on any atom is 0.338 e. The molecular formula is C28H22FN3O4. The van der Waals surface area contributed by atoms with Crippen LogP contribution in [0.1, 0.15) is 40.1 Å². The number of aromatic nitrogens is 1. The Morgan fingerprint density at radius 1 is 1.03 bits per heavy atom. The summed E-state index contributed by atoms with van der Waals surface area (Å²) in [4.78, 5) is 45.7. The summed E-state index contributed by atoms with van der Waals surface area (Å²) in [7, 11) is 0. The molecule has 180 valence electrons. The Labute approximate surface area is 206 Å². The van der Waals surface area contributed by atoms with Gasteiger partial charge in [0.1, 0.15) is 17.9 Å². The maximum absolute atomic E-state index is 13.8. The number of para-hydroxylation sites is 1. The third-order valence-corrected chi connectivity index (χ3v) is 6.87. The van der Waals surface area contributed by atoms with Crippen LogP contribution in [0.2, 0.25) is 0 Å². The number of imide groups is 1. The number of nitrogens with one attached hydrogen (secondary N) is 1. The molecule has 0 bridgehead atoms. The predicted octanol–water partition coefficient (Wildman–Crippen LogP) is 4.97. The van der Waals surface area contributed by atoms with Crippen LogP contribution in [0.5, 0.6) is 0 Å². The Balaban J connectivity index is 1.44. The zero-order valence-corrected chi connectivity index (χ0v) is 19.4. The zero-order valence-electron chi connectivity index (χ0n) is 19.4. The Hall–Kier alpha value is -4.46. The van der Waals surface area contributed by atoms with Crippen molar-refractivity contribution in [1.82, 2.24) is 9.88 Å². The van der Waals surface area contributed by atoms with Gasteiger partial charge < -0.3 is 9.72 Å². The van der Waals surface area contributed by atoms with Crippen LogP contribution in [0, 0.1) is 5.82 Å². The molecule has 1 N–H and O–H groups in total. The molecule has 3 heterocycles. The summed E-state index contributed by atoms with van der Waals surface area (Å²) < 4.78 is 18.8. The van der Waals surface area contributed by atoms with Gasteiger partial charge in [0.05, 0.1) is 17.9 Å². The lowest BCUT2D eigenvalue weighted by Gasteiger charge is -2.36. The fourth-order valence-corrected chi connectivity index (χ4v) is 5.26. The van der Waals surface area contributed by atoms with Gasteiger partial charge in [0.15, 0.2) is 0 Å². The maximum atomic E-state index is 13.8. The number of carbonyl (C=O) groups excluding carboxylic acids is 3. The summed E-state index contributed by atoms with van der Waals surface area (Å²) in [6.45, 7) is 1.97. The van der Waals surface area contributed by atoms with E-state index in [1.54, 1.807) is 48.2 Å². The standard InChI is InChI=1S/C28H22FN3O4/c1-2-36-27(34)17-9-13-19(14-10-17)31-26(33)23-15-21-20-5-3-4-6-22(20)30-24(21)25(32(23)28(31)35)16-7-11-18(29)12-8-16/h3-14,23,25,30H,2,15H2,1H3/t23-,25-/m0/s1. The highest BCUT2D eigenvalue weighted by atomic mass is 19.1. The minimum atomic E-state index is -0.719. The normalized spacial score (nSPS) is 18.9. The van der Waals surface area contributed by atoms with Gasteiger partial charge in [-0.3, -0.25) is 9.69 Å². The van der Waals surface area contributed by atoms with Crippen LogP contribution in [0.25, 0.3) is 10.9 Å². The molecule has 3 aromatic carbocycles. The molecule has 0 spiro atoms. The SMILES string of the molecule is CCOC(=O)c1ccc(N2C(=O)[C@@H]3Cc4c([nH]c5ccccc45)[C@H](c4ccc(F)cc4)N3C2=O)cc1. The number of amides is 3. The molecule has 36 heavy (non-hydrogen) atoms. The lowest BCUT2D eigenvalue weighted by Crippen LogP contribution is -2.44. The molecule has 2 aliphatic rings. The quantitative estimate of drug-likeness (QED) is 0.328. The largest absolute Gasteiger partial charge is 0.462 e. The average Bonchev–Trinajstić information content (AvgIpc) is 3.38. The van der Waals surface area contributed by atoms with Crippen molar-refractivity contribution in [3.63, 3.8) is 0 Å². The number of esters is 1. The third kappa shape index (κ3) is 3.29. The first-order valence-electron chi connectivity index (χ1n) is 11.8. The molecule has 6 rings (SSSR count). The summed E-state index contributed by atoms with van der Waals surface area (Å²) in [5, 5.41) is 0.997. The molecular weight excluding hydrogens is 461 g/mol. The van der Waals surface area contributed by atoms with Crippen LogP contribution < -0.4 is 4.90 Å². The van der Waals surface area contributed by atoms with E-state index in [-0.39, 0.29) is 18.3 Å². The van der Waals surface area contributed by atoms with Gasteiger partial charge in [-0.05, 0) is 60.5 Å². The van der Waals surface area contributed by atoms with Crippen LogP contribution in [-0.2, 0) is 16.0 Å². The van der Waals surface area contributed by atoms with E-state index >= 15 is 0 Å². The summed E-state index contributed by atoms with van der Waals surface area (Å²) in [5.41, 5.74) is 4.13. The highest BCUT2D eigenvalue weighted by Crippen LogP contribution is 2.44. The van der Waals surface area contributed by atoms with Crippen LogP contribution in [-0.4, -0.2) is 40.4 Å². The molecule has 0 radical (unpaired) electrons. The van der Waals surface area contributed by atoms with Gasteiger partial charge in [-0.2, -0.15) is 0 Å². The Bertz CT molecular complexity index is 1510. The Kier molecular flexibility index (Phi) is 5.10. The Morgan fingerprint density at radius 3 is 2.47 bits per heavy atom. The second-order valence-electron chi connectivity index (χ2n) is 8.87. The van der Waals surface area contributed by atoms with Crippen molar-refractivity contribution < 1.29 is 23.5 Å². The van der Waals surface area contributed by atoms with E-state index < -0.39 is 24.1 Å². The first-order chi connectivity index (χ1) is 17.5. The first-order valence-corrected chi connectivity index (χ1v) is 11.8. The van der Waals surface area contributed by atoms with Gasteiger partial charge in [0.2, 0.25) is 0 Å². The number of hydrogen-bond donors (Lipinski definition) is 1. The van der Waals surface area contributed by atoms with Gasteiger partial charge in [-0.25, -0.2) is 18.9 Å². The molecule has 2 atom stereocenters. The van der Waals surface area contributed by atoms with Crippen LogP contribution in [0.4, 0.5) is 14.9 Å². The van der Waals surface area contributed by atoms with Gasteiger partial charge in [0, 0.05) is 23.0 Å². The smallest absolute Gasteiger partial charge is 0.338 e. The van der Waals surface area contributed by atoms with E-state index in [9.17, 15) is 18.8 Å². The van der Waals surface area contributed by atoms with Gasteiger partial charge >= 0.3 is 12.0 Å². The number of carbonyl (C=O) groups is 3. The van der Waals surface area contributed by atoms with E-state index in [2.05, 4.69) is 4.98 Å². The average molecular weight is 483 g/mol. The second kappa shape index (κ2) is 8.34.